The van der Waals surface area contributed by atoms with Crippen LogP contribution in [0.15, 0.2) is 0 Å². The highest BCUT2D eigenvalue weighted by molar-refractivity contribution is 5.85. The smallest absolute Gasteiger partial charge is 0.322 e. The molecule has 0 bridgehead atoms. The Morgan fingerprint density at radius 1 is 0.938 bits per heavy atom. The van der Waals surface area contributed by atoms with E-state index in [2.05, 4.69) is 5.73 Å². The van der Waals surface area contributed by atoms with Crippen molar-refractivity contribution in [2.45, 2.75) is 30.5 Å². The third-order valence-corrected chi connectivity index (χ3v) is 1.66. The molecular weight excluding hydrogens is 274 g/mol. The van der Waals surface area contributed by atoms with Crippen LogP contribution in [0.3, 0.4) is 0 Å². The molecule has 0 aromatic heterocycles. The molecule has 1 nitrogen and oxygen atoms in total. The summed E-state index contributed by atoms with van der Waals surface area (Å²) < 4.78 is 95.6. The number of alkyl halides is 8. The second-order valence-corrected chi connectivity index (χ2v) is 2.78. The van der Waals surface area contributed by atoms with Gasteiger partial charge in [-0.15, -0.1) is 12.4 Å². The van der Waals surface area contributed by atoms with Gasteiger partial charge in [-0.1, -0.05) is 0 Å². The maximum absolute atomic E-state index is 12.5. The largest absolute Gasteiger partial charge is 0.459 e. The summed E-state index contributed by atoms with van der Waals surface area (Å²) in [7, 11) is 0. The molecule has 0 saturated heterocycles. The molecule has 0 spiro atoms. The maximum atomic E-state index is 12.5. The summed E-state index contributed by atoms with van der Waals surface area (Å²) in [6, 6.07) is -2.89. The van der Waals surface area contributed by atoms with Crippen LogP contribution in [0.4, 0.5) is 35.1 Å². The second kappa shape index (κ2) is 5.35. The molecule has 0 saturated carbocycles. The lowest BCUT2D eigenvalue weighted by molar-refractivity contribution is -0.358. The Balaban J connectivity index is 0. The van der Waals surface area contributed by atoms with Gasteiger partial charge in [0.25, 0.3) is 0 Å². The third kappa shape index (κ3) is 3.09. The van der Waals surface area contributed by atoms with Crippen LogP contribution in [0.5, 0.6) is 0 Å². The molecule has 0 aliphatic heterocycles. The van der Waals surface area contributed by atoms with Gasteiger partial charge in [-0.25, -0.2) is 0 Å². The van der Waals surface area contributed by atoms with Crippen molar-refractivity contribution in [1.82, 2.24) is 0 Å². The van der Waals surface area contributed by atoms with Gasteiger partial charge in [0.2, 0.25) is 0 Å². The molecule has 16 heavy (non-hydrogen) atoms. The first-order valence-corrected chi connectivity index (χ1v) is 3.62. The fourth-order valence-corrected chi connectivity index (χ4v) is 0.721. The number of halogens is 9. The molecule has 1 atom stereocenters. The fraction of sp³-hybridized carbons (Fsp3) is 1.00. The van der Waals surface area contributed by atoms with Crippen molar-refractivity contribution in [3.63, 3.8) is 0 Å². The molecule has 0 amide bonds. The van der Waals surface area contributed by atoms with E-state index in [0.29, 0.717) is 0 Å². The van der Waals surface area contributed by atoms with E-state index in [-0.39, 0.29) is 12.4 Å². The molecule has 0 aromatic carbocycles. The number of rotatable bonds is 4. The standard InChI is InChI=1S/C6H7F8N.ClH/c7-2-1-3(15)4(8,9)5(10,11)6(12,13)14;/h3H,1-2,15H2;1H/t3-;/m1./s1. The average Bonchev–Trinajstić information content (AvgIpc) is 2.02. The van der Waals surface area contributed by atoms with Crippen molar-refractivity contribution in [3.05, 3.63) is 0 Å². The van der Waals surface area contributed by atoms with Gasteiger partial charge in [-0.05, 0) is 6.42 Å². The SMILES string of the molecule is Cl.N[C@H](CCF)C(F)(F)C(F)(F)C(F)(F)F. The third-order valence-electron chi connectivity index (χ3n) is 1.66. The van der Waals surface area contributed by atoms with Crippen molar-refractivity contribution in [1.29, 1.82) is 0 Å². The van der Waals surface area contributed by atoms with Gasteiger partial charge < -0.3 is 5.73 Å². The van der Waals surface area contributed by atoms with Crippen LogP contribution in [0.2, 0.25) is 0 Å². The topological polar surface area (TPSA) is 26.0 Å². The van der Waals surface area contributed by atoms with Crippen LogP contribution in [0.1, 0.15) is 6.42 Å². The van der Waals surface area contributed by atoms with Gasteiger partial charge in [-0.2, -0.15) is 30.7 Å². The first kappa shape index (κ1) is 18.1. The monoisotopic (exact) mass is 281 g/mol. The summed E-state index contributed by atoms with van der Waals surface area (Å²) in [6.07, 6.45) is -7.71. The predicted molar refractivity (Wildman–Crippen MR) is 41.8 cm³/mol. The zero-order valence-electron chi connectivity index (χ0n) is 7.50. The zero-order valence-corrected chi connectivity index (χ0v) is 8.32. The zero-order chi connectivity index (χ0) is 12.5. The number of nitrogens with two attached hydrogens (primary N) is 1. The Morgan fingerprint density at radius 2 is 1.31 bits per heavy atom. The predicted octanol–water partition coefficient (Wildman–Crippen LogP) is 2.93. The Kier molecular flexibility index (Phi) is 6.04. The van der Waals surface area contributed by atoms with Crippen molar-refractivity contribution >= 4 is 12.4 Å². The molecule has 0 aliphatic rings. The Labute approximate surface area is 91.4 Å². The molecule has 0 aliphatic carbocycles. The van der Waals surface area contributed by atoms with Crippen molar-refractivity contribution in [2.24, 2.45) is 5.73 Å². The van der Waals surface area contributed by atoms with Gasteiger partial charge in [0.15, 0.2) is 0 Å². The highest BCUT2D eigenvalue weighted by Crippen LogP contribution is 2.47. The molecule has 0 aromatic rings. The van der Waals surface area contributed by atoms with E-state index in [9.17, 15) is 35.1 Å². The highest BCUT2D eigenvalue weighted by atomic mass is 35.5. The summed E-state index contributed by atoms with van der Waals surface area (Å²) in [5.41, 5.74) is 4.37. The minimum Gasteiger partial charge on any atom is -0.322 e. The fourth-order valence-electron chi connectivity index (χ4n) is 0.721. The summed E-state index contributed by atoms with van der Waals surface area (Å²) >= 11 is 0. The maximum Gasteiger partial charge on any atom is 0.459 e. The van der Waals surface area contributed by atoms with Gasteiger partial charge in [-0.3, -0.25) is 4.39 Å². The van der Waals surface area contributed by atoms with Gasteiger partial charge in [0, 0.05) is 0 Å². The Hall–Kier alpha value is -0.310. The highest BCUT2D eigenvalue weighted by Gasteiger charge is 2.74. The van der Waals surface area contributed by atoms with Crippen molar-refractivity contribution < 1.29 is 35.1 Å². The number of hydrogen-bond donors (Lipinski definition) is 1. The quantitative estimate of drug-likeness (QED) is 0.788. The van der Waals surface area contributed by atoms with Crippen LogP contribution in [0, 0.1) is 0 Å². The van der Waals surface area contributed by atoms with Crippen LogP contribution in [-0.2, 0) is 0 Å². The summed E-state index contributed by atoms with van der Waals surface area (Å²) in [6.45, 7) is -1.51. The van der Waals surface area contributed by atoms with E-state index >= 15 is 0 Å². The lowest BCUT2D eigenvalue weighted by Gasteiger charge is -2.31. The van der Waals surface area contributed by atoms with Crippen LogP contribution in [-0.4, -0.2) is 30.7 Å². The molecule has 0 unspecified atom stereocenters. The van der Waals surface area contributed by atoms with E-state index in [4.69, 9.17) is 0 Å². The van der Waals surface area contributed by atoms with E-state index in [1.54, 1.807) is 0 Å². The lowest BCUT2D eigenvalue weighted by Crippen LogP contribution is -2.60. The van der Waals surface area contributed by atoms with E-state index in [1.807, 2.05) is 0 Å². The average molecular weight is 282 g/mol. The van der Waals surface area contributed by atoms with Crippen LogP contribution < -0.4 is 5.73 Å². The first-order chi connectivity index (χ1) is 6.48. The van der Waals surface area contributed by atoms with Crippen LogP contribution >= 0.6 is 12.4 Å². The van der Waals surface area contributed by atoms with Crippen LogP contribution in [0.25, 0.3) is 0 Å². The molecule has 10 heteroatoms. The van der Waals surface area contributed by atoms with Gasteiger partial charge in [0.05, 0.1) is 12.7 Å². The molecular formula is C6H8ClF8N. The van der Waals surface area contributed by atoms with Gasteiger partial charge >= 0.3 is 18.0 Å². The van der Waals surface area contributed by atoms with E-state index in [1.165, 1.54) is 0 Å². The van der Waals surface area contributed by atoms with Crippen molar-refractivity contribution in [2.75, 3.05) is 6.67 Å². The Bertz CT molecular complexity index is 215. The van der Waals surface area contributed by atoms with E-state index < -0.39 is 37.2 Å². The molecule has 0 radical (unpaired) electrons. The molecule has 0 fully saturated rings. The van der Waals surface area contributed by atoms with Gasteiger partial charge in [0.1, 0.15) is 0 Å². The Morgan fingerprint density at radius 3 is 1.56 bits per heavy atom. The summed E-state index contributed by atoms with van der Waals surface area (Å²) in [4.78, 5) is 0. The summed E-state index contributed by atoms with van der Waals surface area (Å²) in [5, 5.41) is 0. The minimum absolute atomic E-state index is 0. The second-order valence-electron chi connectivity index (χ2n) is 2.78. The lowest BCUT2D eigenvalue weighted by atomic mass is 10.0. The summed E-state index contributed by atoms with van der Waals surface area (Å²) in [5.74, 6) is -11.8. The normalized spacial score (nSPS) is 15.6. The molecule has 2 N–H and O–H groups in total. The van der Waals surface area contributed by atoms with Crippen molar-refractivity contribution in [3.8, 4) is 0 Å². The molecule has 100 valence electrons. The molecule has 0 heterocycles. The minimum atomic E-state index is -6.43. The van der Waals surface area contributed by atoms with E-state index in [0.717, 1.165) is 0 Å². The number of hydrogen-bond acceptors (Lipinski definition) is 1. The first-order valence-electron chi connectivity index (χ1n) is 3.62. The molecule has 0 rings (SSSR count).